The van der Waals surface area contributed by atoms with E-state index in [1.54, 1.807) is 24.4 Å². The van der Waals surface area contributed by atoms with E-state index in [0.29, 0.717) is 24.1 Å². The summed E-state index contributed by atoms with van der Waals surface area (Å²) in [5, 5.41) is 2.84. The number of benzene rings is 1. The van der Waals surface area contributed by atoms with E-state index in [4.69, 9.17) is 0 Å². The van der Waals surface area contributed by atoms with Crippen LogP contribution in [0, 0.1) is 6.92 Å². The Morgan fingerprint density at radius 3 is 2.70 bits per heavy atom. The zero-order valence-corrected chi connectivity index (χ0v) is 11.3. The number of aldehydes is 1. The highest BCUT2D eigenvalue weighted by molar-refractivity contribution is 5.94. The van der Waals surface area contributed by atoms with Crippen LogP contribution in [-0.4, -0.2) is 23.7 Å². The predicted molar refractivity (Wildman–Crippen MR) is 76.8 cm³/mol. The first-order valence-corrected chi connectivity index (χ1v) is 6.45. The molecule has 0 aliphatic rings. The van der Waals surface area contributed by atoms with Crippen molar-refractivity contribution in [1.29, 1.82) is 0 Å². The first-order chi connectivity index (χ1) is 9.72. The molecule has 0 aliphatic carbocycles. The van der Waals surface area contributed by atoms with Crippen LogP contribution in [0.25, 0.3) is 0 Å². The minimum Gasteiger partial charge on any atom is -0.352 e. The maximum absolute atomic E-state index is 11.9. The summed E-state index contributed by atoms with van der Waals surface area (Å²) in [6, 6.07) is 10.8. The SMILES string of the molecule is Cc1c(C=O)ccnc1CCNC(=O)c1ccccc1. The van der Waals surface area contributed by atoms with Crippen LogP contribution < -0.4 is 5.32 Å². The lowest BCUT2D eigenvalue weighted by Crippen LogP contribution is -2.26. The number of nitrogens with one attached hydrogen (secondary N) is 1. The maximum Gasteiger partial charge on any atom is 0.251 e. The Balaban J connectivity index is 1.94. The molecule has 1 aromatic carbocycles. The standard InChI is InChI=1S/C16H16N2O2/c1-12-14(11-19)7-9-17-15(12)8-10-18-16(20)13-5-3-2-4-6-13/h2-7,9,11H,8,10H2,1H3,(H,18,20). The van der Waals surface area contributed by atoms with E-state index < -0.39 is 0 Å². The molecule has 0 aliphatic heterocycles. The molecule has 0 bridgehead atoms. The third-order valence-corrected chi connectivity index (χ3v) is 3.16. The van der Waals surface area contributed by atoms with Gasteiger partial charge in [-0.25, -0.2) is 0 Å². The number of amides is 1. The van der Waals surface area contributed by atoms with Crippen LogP contribution in [0.1, 0.15) is 32.0 Å². The molecule has 102 valence electrons. The average Bonchev–Trinajstić information content (AvgIpc) is 2.49. The molecule has 0 atom stereocenters. The number of pyridine rings is 1. The number of carbonyl (C=O) groups excluding carboxylic acids is 2. The van der Waals surface area contributed by atoms with E-state index in [-0.39, 0.29) is 5.91 Å². The molecule has 1 amide bonds. The lowest BCUT2D eigenvalue weighted by Gasteiger charge is -2.08. The number of hydrogen-bond donors (Lipinski definition) is 1. The maximum atomic E-state index is 11.9. The molecule has 1 aromatic heterocycles. The number of rotatable bonds is 5. The number of carbonyl (C=O) groups is 2. The third-order valence-electron chi connectivity index (χ3n) is 3.16. The van der Waals surface area contributed by atoms with Crippen LogP contribution in [-0.2, 0) is 6.42 Å². The van der Waals surface area contributed by atoms with E-state index in [9.17, 15) is 9.59 Å². The van der Waals surface area contributed by atoms with Crippen molar-refractivity contribution in [3.63, 3.8) is 0 Å². The summed E-state index contributed by atoms with van der Waals surface area (Å²) in [6.45, 7) is 2.36. The van der Waals surface area contributed by atoms with Crippen LogP contribution in [0.15, 0.2) is 42.6 Å². The minimum absolute atomic E-state index is 0.102. The van der Waals surface area contributed by atoms with Gasteiger partial charge in [0.05, 0.1) is 0 Å². The van der Waals surface area contributed by atoms with Gasteiger partial charge in [0.1, 0.15) is 6.29 Å². The van der Waals surface area contributed by atoms with Crippen molar-refractivity contribution in [1.82, 2.24) is 10.3 Å². The normalized spacial score (nSPS) is 10.1. The molecule has 0 fully saturated rings. The van der Waals surface area contributed by atoms with Crippen molar-refractivity contribution in [3.05, 3.63) is 65.0 Å². The molecule has 0 radical (unpaired) electrons. The molecule has 1 heterocycles. The number of hydrogen-bond acceptors (Lipinski definition) is 3. The molecule has 0 unspecified atom stereocenters. The van der Waals surface area contributed by atoms with E-state index in [2.05, 4.69) is 10.3 Å². The van der Waals surface area contributed by atoms with E-state index >= 15 is 0 Å². The van der Waals surface area contributed by atoms with Gasteiger partial charge in [-0.15, -0.1) is 0 Å². The Labute approximate surface area is 117 Å². The summed E-state index contributed by atoms with van der Waals surface area (Å²) in [7, 11) is 0. The highest BCUT2D eigenvalue weighted by Gasteiger charge is 2.07. The van der Waals surface area contributed by atoms with E-state index in [0.717, 1.165) is 17.5 Å². The van der Waals surface area contributed by atoms with Crippen LogP contribution in [0.4, 0.5) is 0 Å². The second-order valence-corrected chi connectivity index (χ2v) is 4.46. The molecule has 4 heteroatoms. The van der Waals surface area contributed by atoms with Crippen LogP contribution in [0.3, 0.4) is 0 Å². The lowest BCUT2D eigenvalue weighted by molar-refractivity contribution is 0.0953. The van der Waals surface area contributed by atoms with Crippen LogP contribution in [0.2, 0.25) is 0 Å². The predicted octanol–water partition coefficient (Wildman–Crippen LogP) is 2.18. The van der Waals surface area contributed by atoms with Crippen molar-refractivity contribution < 1.29 is 9.59 Å². The minimum atomic E-state index is -0.102. The van der Waals surface area contributed by atoms with Crippen LogP contribution in [0.5, 0.6) is 0 Å². The highest BCUT2D eigenvalue weighted by atomic mass is 16.1. The molecule has 20 heavy (non-hydrogen) atoms. The molecule has 0 spiro atoms. The zero-order valence-electron chi connectivity index (χ0n) is 11.3. The second kappa shape index (κ2) is 6.61. The van der Waals surface area contributed by atoms with E-state index in [1.807, 2.05) is 25.1 Å². The average molecular weight is 268 g/mol. The fourth-order valence-corrected chi connectivity index (χ4v) is 1.96. The Kier molecular flexibility index (Phi) is 4.60. The topological polar surface area (TPSA) is 59.1 Å². The summed E-state index contributed by atoms with van der Waals surface area (Å²) >= 11 is 0. The lowest BCUT2D eigenvalue weighted by atomic mass is 10.1. The largest absolute Gasteiger partial charge is 0.352 e. The van der Waals surface area contributed by atoms with Gasteiger partial charge in [-0.3, -0.25) is 14.6 Å². The monoisotopic (exact) mass is 268 g/mol. The van der Waals surface area contributed by atoms with Gasteiger partial charge in [-0.1, -0.05) is 18.2 Å². The summed E-state index contributed by atoms with van der Waals surface area (Å²) in [5.74, 6) is -0.102. The van der Waals surface area contributed by atoms with Crippen molar-refractivity contribution in [2.45, 2.75) is 13.3 Å². The molecule has 2 aromatic rings. The van der Waals surface area contributed by atoms with Crippen molar-refractivity contribution in [2.75, 3.05) is 6.54 Å². The zero-order chi connectivity index (χ0) is 14.4. The Morgan fingerprint density at radius 1 is 1.25 bits per heavy atom. The Morgan fingerprint density at radius 2 is 2.00 bits per heavy atom. The van der Waals surface area contributed by atoms with Gasteiger partial charge in [0.25, 0.3) is 5.91 Å². The molecule has 4 nitrogen and oxygen atoms in total. The molecular weight excluding hydrogens is 252 g/mol. The van der Waals surface area contributed by atoms with Gasteiger partial charge >= 0.3 is 0 Å². The van der Waals surface area contributed by atoms with Gasteiger partial charge in [-0.05, 0) is 30.7 Å². The number of nitrogens with zero attached hydrogens (tertiary/aromatic N) is 1. The smallest absolute Gasteiger partial charge is 0.251 e. The van der Waals surface area contributed by atoms with Crippen molar-refractivity contribution >= 4 is 12.2 Å². The fourth-order valence-electron chi connectivity index (χ4n) is 1.96. The van der Waals surface area contributed by atoms with Crippen molar-refractivity contribution in [3.8, 4) is 0 Å². The summed E-state index contributed by atoms with van der Waals surface area (Å²) in [6.07, 6.45) is 3.04. The summed E-state index contributed by atoms with van der Waals surface area (Å²) in [4.78, 5) is 27.0. The molecule has 2 rings (SSSR count). The molecular formula is C16H16N2O2. The Hall–Kier alpha value is -2.49. The van der Waals surface area contributed by atoms with Gasteiger partial charge in [0.2, 0.25) is 0 Å². The van der Waals surface area contributed by atoms with Gasteiger partial charge in [0.15, 0.2) is 0 Å². The molecule has 0 saturated heterocycles. The second-order valence-electron chi connectivity index (χ2n) is 4.46. The Bertz CT molecular complexity index is 609. The highest BCUT2D eigenvalue weighted by Crippen LogP contribution is 2.09. The quantitative estimate of drug-likeness (QED) is 0.845. The summed E-state index contributed by atoms with van der Waals surface area (Å²) < 4.78 is 0. The molecule has 0 saturated carbocycles. The first kappa shape index (κ1) is 13.9. The third kappa shape index (κ3) is 3.29. The van der Waals surface area contributed by atoms with Gasteiger partial charge < -0.3 is 5.32 Å². The van der Waals surface area contributed by atoms with Crippen molar-refractivity contribution in [2.24, 2.45) is 0 Å². The summed E-state index contributed by atoms with van der Waals surface area (Å²) in [5.41, 5.74) is 2.99. The van der Waals surface area contributed by atoms with Gasteiger partial charge in [-0.2, -0.15) is 0 Å². The fraction of sp³-hybridized carbons (Fsp3) is 0.188. The van der Waals surface area contributed by atoms with Gasteiger partial charge in [0, 0.05) is 36.0 Å². The number of aromatic nitrogens is 1. The van der Waals surface area contributed by atoms with E-state index in [1.165, 1.54) is 0 Å². The first-order valence-electron chi connectivity index (χ1n) is 6.45. The van der Waals surface area contributed by atoms with Crippen LogP contribution >= 0.6 is 0 Å². The molecule has 1 N–H and O–H groups in total.